The summed E-state index contributed by atoms with van der Waals surface area (Å²) in [6.45, 7) is 6.84. The lowest BCUT2D eigenvalue weighted by atomic mass is 10.0. The van der Waals surface area contributed by atoms with Crippen LogP contribution in [0.2, 0.25) is 0 Å². The van der Waals surface area contributed by atoms with Gasteiger partial charge in [-0.15, -0.1) is 0 Å². The Kier molecular flexibility index (Phi) is 7.69. The molecule has 26 heavy (non-hydrogen) atoms. The van der Waals surface area contributed by atoms with E-state index < -0.39 is 11.2 Å². The van der Waals surface area contributed by atoms with Crippen molar-refractivity contribution in [3.63, 3.8) is 0 Å². The van der Waals surface area contributed by atoms with E-state index >= 15 is 0 Å². The van der Waals surface area contributed by atoms with Crippen LogP contribution in [0.25, 0.3) is 10.9 Å². The second kappa shape index (κ2) is 9.76. The number of fused-ring (bicyclic) bond motifs is 1. The van der Waals surface area contributed by atoms with Crippen molar-refractivity contribution >= 4 is 28.6 Å². The van der Waals surface area contributed by atoms with Crippen LogP contribution < -0.4 is 11.3 Å². The molecule has 1 unspecified atom stereocenters. The van der Waals surface area contributed by atoms with Gasteiger partial charge >= 0.3 is 0 Å². The highest BCUT2D eigenvalue weighted by molar-refractivity contribution is 8.00. The molecule has 2 rings (SSSR count). The molecule has 5 nitrogen and oxygen atoms in total. The van der Waals surface area contributed by atoms with Gasteiger partial charge in [-0.3, -0.25) is 14.2 Å². The summed E-state index contributed by atoms with van der Waals surface area (Å²) >= 11 is 1.26. The minimum atomic E-state index is -0.430. The summed E-state index contributed by atoms with van der Waals surface area (Å²) in [5, 5.41) is 0.755. The first-order chi connectivity index (χ1) is 12.4. The first-order valence-electron chi connectivity index (χ1n) is 9.35. The lowest BCUT2D eigenvalue weighted by Gasteiger charge is -2.15. The number of rotatable bonds is 10. The van der Waals surface area contributed by atoms with Gasteiger partial charge in [0, 0.05) is 6.54 Å². The summed E-state index contributed by atoms with van der Waals surface area (Å²) < 4.78 is 1.70. The molecule has 1 aromatic carbocycles. The molecule has 1 aromatic heterocycles. The van der Waals surface area contributed by atoms with Gasteiger partial charge in [0.25, 0.3) is 5.56 Å². The molecule has 2 aromatic rings. The van der Waals surface area contributed by atoms with Crippen LogP contribution in [0.5, 0.6) is 0 Å². The zero-order chi connectivity index (χ0) is 19.1. The van der Waals surface area contributed by atoms with Gasteiger partial charge in [-0.2, -0.15) is 0 Å². The van der Waals surface area contributed by atoms with Crippen molar-refractivity contribution in [3.05, 3.63) is 34.6 Å². The van der Waals surface area contributed by atoms with Crippen molar-refractivity contribution in [2.75, 3.05) is 0 Å². The van der Waals surface area contributed by atoms with Gasteiger partial charge in [0.05, 0.1) is 16.2 Å². The van der Waals surface area contributed by atoms with Gasteiger partial charge in [-0.1, -0.05) is 63.4 Å². The average molecular weight is 376 g/mol. The maximum atomic E-state index is 12.9. The second-order valence-electron chi connectivity index (χ2n) is 7.13. The van der Waals surface area contributed by atoms with E-state index in [0.717, 1.165) is 18.8 Å². The summed E-state index contributed by atoms with van der Waals surface area (Å²) in [7, 11) is 0. The Labute approximate surface area is 159 Å². The Morgan fingerprint density at radius 2 is 1.85 bits per heavy atom. The van der Waals surface area contributed by atoms with Crippen molar-refractivity contribution in [3.8, 4) is 0 Å². The van der Waals surface area contributed by atoms with Crippen LogP contribution in [-0.4, -0.2) is 20.7 Å². The Morgan fingerprint density at radius 3 is 2.54 bits per heavy atom. The molecule has 0 fully saturated rings. The van der Waals surface area contributed by atoms with Gasteiger partial charge in [0.2, 0.25) is 5.91 Å². The van der Waals surface area contributed by atoms with E-state index in [1.165, 1.54) is 31.0 Å². The normalized spacial score (nSPS) is 12.6. The van der Waals surface area contributed by atoms with Crippen LogP contribution >= 0.6 is 11.8 Å². The lowest BCUT2D eigenvalue weighted by molar-refractivity contribution is -0.117. The molecule has 0 saturated heterocycles. The molecule has 0 bridgehead atoms. The van der Waals surface area contributed by atoms with Crippen molar-refractivity contribution in [1.29, 1.82) is 0 Å². The highest BCUT2D eigenvalue weighted by atomic mass is 32.2. The molecule has 142 valence electrons. The fourth-order valence-corrected chi connectivity index (χ4v) is 3.71. The molecule has 0 aliphatic rings. The zero-order valence-corrected chi connectivity index (χ0v) is 16.7. The van der Waals surface area contributed by atoms with E-state index in [-0.39, 0.29) is 5.56 Å². The number of hydrogen-bond donors (Lipinski definition) is 1. The number of unbranched alkanes of at least 4 members (excludes halogenated alkanes) is 3. The minimum Gasteiger partial charge on any atom is -0.369 e. The van der Waals surface area contributed by atoms with Crippen LogP contribution in [-0.2, 0) is 11.3 Å². The molecule has 1 heterocycles. The topological polar surface area (TPSA) is 78.0 Å². The van der Waals surface area contributed by atoms with Gasteiger partial charge < -0.3 is 5.73 Å². The minimum absolute atomic E-state index is 0.0445. The van der Waals surface area contributed by atoms with Crippen LogP contribution in [0.1, 0.15) is 52.9 Å². The summed E-state index contributed by atoms with van der Waals surface area (Å²) in [6, 6.07) is 7.34. The Balaban J connectivity index is 2.17. The largest absolute Gasteiger partial charge is 0.369 e. The third-order valence-corrected chi connectivity index (χ3v) is 5.53. The molecule has 0 saturated carbocycles. The van der Waals surface area contributed by atoms with Crippen LogP contribution in [0.15, 0.2) is 34.2 Å². The maximum Gasteiger partial charge on any atom is 0.262 e. The molecule has 1 atom stereocenters. The van der Waals surface area contributed by atoms with Gasteiger partial charge in [-0.05, 0) is 31.4 Å². The first kappa shape index (κ1) is 20.5. The fourth-order valence-electron chi connectivity index (χ4n) is 2.83. The number of amides is 1. The van der Waals surface area contributed by atoms with Gasteiger partial charge in [-0.25, -0.2) is 4.98 Å². The number of aromatic nitrogens is 2. The first-order valence-corrected chi connectivity index (χ1v) is 10.2. The van der Waals surface area contributed by atoms with E-state index in [1.807, 2.05) is 18.2 Å². The number of carbonyl (C=O) groups is 1. The van der Waals surface area contributed by atoms with E-state index in [9.17, 15) is 9.59 Å². The lowest BCUT2D eigenvalue weighted by Crippen LogP contribution is -2.27. The fraction of sp³-hybridized carbons (Fsp3) is 0.550. The number of nitrogens with two attached hydrogens (primary N) is 1. The highest BCUT2D eigenvalue weighted by Crippen LogP contribution is 2.23. The Hall–Kier alpha value is -1.82. The Morgan fingerprint density at radius 1 is 1.15 bits per heavy atom. The van der Waals surface area contributed by atoms with Crippen LogP contribution in [0, 0.1) is 5.92 Å². The number of hydrogen-bond acceptors (Lipinski definition) is 4. The number of para-hydroxylation sites is 1. The predicted octanol–water partition coefficient (Wildman–Crippen LogP) is 3.97. The summed E-state index contributed by atoms with van der Waals surface area (Å²) in [5.41, 5.74) is 6.00. The third-order valence-electron chi connectivity index (χ3n) is 4.42. The molecular formula is C20H29N3O2S. The van der Waals surface area contributed by atoms with Crippen molar-refractivity contribution in [2.24, 2.45) is 11.7 Å². The van der Waals surface area contributed by atoms with E-state index in [2.05, 4.69) is 18.8 Å². The number of benzene rings is 1. The molecule has 0 aliphatic carbocycles. The molecule has 1 amide bonds. The Bertz CT molecular complexity index is 801. The zero-order valence-electron chi connectivity index (χ0n) is 15.9. The van der Waals surface area contributed by atoms with Crippen molar-refractivity contribution in [1.82, 2.24) is 9.55 Å². The summed E-state index contributed by atoms with van der Waals surface area (Å²) in [6.07, 6.45) is 5.66. The van der Waals surface area contributed by atoms with E-state index in [0.29, 0.717) is 22.6 Å². The number of nitrogens with zero attached hydrogens (tertiary/aromatic N) is 2. The van der Waals surface area contributed by atoms with Crippen molar-refractivity contribution < 1.29 is 4.79 Å². The summed E-state index contributed by atoms with van der Waals surface area (Å²) in [4.78, 5) is 29.0. The quantitative estimate of drug-likeness (QED) is 0.387. The van der Waals surface area contributed by atoms with E-state index in [1.54, 1.807) is 17.6 Å². The molecule has 0 radical (unpaired) electrons. The number of thioether (sulfide) groups is 1. The third kappa shape index (κ3) is 5.59. The molecule has 0 spiro atoms. The second-order valence-corrected chi connectivity index (χ2v) is 8.44. The average Bonchev–Trinajstić information content (AvgIpc) is 2.59. The molecule has 0 aliphatic heterocycles. The number of primary amides is 1. The monoisotopic (exact) mass is 375 g/mol. The smallest absolute Gasteiger partial charge is 0.262 e. The van der Waals surface area contributed by atoms with Gasteiger partial charge in [0.15, 0.2) is 5.16 Å². The summed E-state index contributed by atoms with van der Waals surface area (Å²) in [5.74, 6) is 0.332. The van der Waals surface area contributed by atoms with E-state index in [4.69, 9.17) is 5.73 Å². The van der Waals surface area contributed by atoms with Crippen LogP contribution in [0.3, 0.4) is 0 Å². The predicted molar refractivity (Wildman–Crippen MR) is 108 cm³/mol. The van der Waals surface area contributed by atoms with Crippen LogP contribution in [0.4, 0.5) is 0 Å². The van der Waals surface area contributed by atoms with Gasteiger partial charge in [0.1, 0.15) is 0 Å². The van der Waals surface area contributed by atoms with Crippen molar-refractivity contribution in [2.45, 2.75) is 69.8 Å². The molecular weight excluding hydrogens is 346 g/mol. The highest BCUT2D eigenvalue weighted by Gasteiger charge is 2.17. The standard InChI is InChI=1S/C20H29N3O2S/c1-14(2)10-6-4-5-9-13-23-19(25)16-11-7-8-12-17(16)22-20(23)26-15(3)18(21)24/h7-8,11-12,14-15H,4-6,9-10,13H2,1-3H3,(H2,21,24). The number of carbonyl (C=O) groups excluding carboxylic acids is 1. The molecule has 6 heteroatoms. The molecule has 2 N–H and O–H groups in total. The SMILES string of the molecule is CC(C)CCCCCCn1c(SC(C)C(N)=O)nc2ccccc2c1=O. The maximum absolute atomic E-state index is 12.9.